The molecule has 0 aliphatic heterocycles. The van der Waals surface area contributed by atoms with Crippen molar-refractivity contribution in [1.82, 2.24) is 10.6 Å². The zero-order valence-corrected chi connectivity index (χ0v) is 13.9. The topological polar surface area (TPSA) is 87.3 Å². The number of hydrogen-bond donors (Lipinski definition) is 3. The summed E-state index contributed by atoms with van der Waals surface area (Å²) in [7, 11) is 0. The molecule has 1 unspecified atom stereocenters. The first-order chi connectivity index (χ1) is 11.0. The predicted octanol–water partition coefficient (Wildman–Crippen LogP) is 1.61. The van der Waals surface area contributed by atoms with Gasteiger partial charge in [0.15, 0.2) is 0 Å². The lowest BCUT2D eigenvalue weighted by Gasteiger charge is -2.14. The van der Waals surface area contributed by atoms with E-state index in [2.05, 4.69) is 22.9 Å². The molecule has 0 saturated heterocycles. The summed E-state index contributed by atoms with van der Waals surface area (Å²) >= 11 is 0. The Balaban J connectivity index is 2.40. The van der Waals surface area contributed by atoms with Crippen LogP contribution in [0, 0.1) is 0 Å². The zero-order valence-electron chi connectivity index (χ0n) is 13.9. The van der Waals surface area contributed by atoms with Crippen LogP contribution in [0.4, 0.5) is 5.69 Å². The van der Waals surface area contributed by atoms with Crippen LogP contribution in [0.2, 0.25) is 0 Å². The summed E-state index contributed by atoms with van der Waals surface area (Å²) < 4.78 is 0. The third-order valence-electron chi connectivity index (χ3n) is 3.32. The Labute approximate surface area is 137 Å². The molecule has 6 nitrogen and oxygen atoms in total. The molecule has 126 valence electrons. The minimum absolute atomic E-state index is 0.123. The number of amides is 3. The second kappa shape index (κ2) is 9.61. The first-order valence-corrected chi connectivity index (χ1v) is 7.92. The number of aryl methyl sites for hydroxylation is 1. The number of carbonyl (C=O) groups excluding carboxylic acids is 3. The zero-order chi connectivity index (χ0) is 17.2. The molecule has 0 saturated carbocycles. The Morgan fingerprint density at radius 1 is 1.04 bits per heavy atom. The van der Waals surface area contributed by atoms with Crippen LogP contribution in [0.25, 0.3) is 0 Å². The average Bonchev–Trinajstić information content (AvgIpc) is 2.54. The van der Waals surface area contributed by atoms with Crippen LogP contribution in [0.5, 0.6) is 0 Å². The largest absolute Gasteiger partial charge is 0.347 e. The molecular weight excluding hydrogens is 294 g/mol. The summed E-state index contributed by atoms with van der Waals surface area (Å²) in [5, 5.41) is 7.80. The van der Waals surface area contributed by atoms with Crippen molar-refractivity contribution in [2.45, 2.75) is 46.1 Å². The molecule has 1 aromatic rings. The highest BCUT2D eigenvalue weighted by atomic mass is 16.2. The quantitative estimate of drug-likeness (QED) is 0.680. The summed E-state index contributed by atoms with van der Waals surface area (Å²) in [6.07, 6.45) is 2.05. The molecule has 1 rings (SSSR count). The first-order valence-electron chi connectivity index (χ1n) is 7.92. The van der Waals surface area contributed by atoms with Gasteiger partial charge >= 0.3 is 0 Å². The Kier molecular flexibility index (Phi) is 7.80. The minimum atomic E-state index is -0.684. The molecule has 1 atom stereocenters. The van der Waals surface area contributed by atoms with Gasteiger partial charge in [0.2, 0.25) is 17.7 Å². The number of rotatable bonds is 8. The highest BCUT2D eigenvalue weighted by molar-refractivity contribution is 5.97. The van der Waals surface area contributed by atoms with Gasteiger partial charge in [0.05, 0.1) is 6.54 Å². The van der Waals surface area contributed by atoms with Gasteiger partial charge in [-0.3, -0.25) is 14.4 Å². The van der Waals surface area contributed by atoms with Crippen LogP contribution in [0.15, 0.2) is 24.3 Å². The van der Waals surface area contributed by atoms with Crippen LogP contribution in [0.1, 0.15) is 39.2 Å². The molecule has 0 bridgehead atoms. The van der Waals surface area contributed by atoms with Crippen molar-refractivity contribution in [1.29, 1.82) is 0 Å². The average molecular weight is 319 g/mol. The Hall–Kier alpha value is -2.37. The Bertz CT molecular complexity index is 541. The molecule has 1 aromatic carbocycles. The Morgan fingerprint density at radius 2 is 1.70 bits per heavy atom. The van der Waals surface area contributed by atoms with Gasteiger partial charge in [0.1, 0.15) is 6.04 Å². The molecule has 3 amide bonds. The maximum atomic E-state index is 12.0. The van der Waals surface area contributed by atoms with Crippen molar-refractivity contribution in [3.8, 4) is 0 Å². The van der Waals surface area contributed by atoms with Crippen LogP contribution >= 0.6 is 0 Å². The van der Waals surface area contributed by atoms with E-state index in [1.807, 2.05) is 31.2 Å². The van der Waals surface area contributed by atoms with E-state index < -0.39 is 11.9 Å². The highest BCUT2D eigenvalue weighted by Gasteiger charge is 2.16. The van der Waals surface area contributed by atoms with E-state index in [1.165, 1.54) is 5.56 Å². The fraction of sp³-hybridized carbons (Fsp3) is 0.471. The van der Waals surface area contributed by atoms with Gasteiger partial charge in [-0.05, 0) is 37.5 Å². The van der Waals surface area contributed by atoms with Gasteiger partial charge < -0.3 is 16.0 Å². The first kappa shape index (κ1) is 18.7. The minimum Gasteiger partial charge on any atom is -0.347 e. The van der Waals surface area contributed by atoms with Crippen molar-refractivity contribution in [3.63, 3.8) is 0 Å². The molecule has 0 radical (unpaired) electrons. The number of benzene rings is 1. The molecule has 0 fully saturated rings. The maximum absolute atomic E-state index is 12.0. The molecule has 0 aliphatic rings. The van der Waals surface area contributed by atoms with Gasteiger partial charge in [-0.15, -0.1) is 0 Å². The molecule has 23 heavy (non-hydrogen) atoms. The Morgan fingerprint density at radius 3 is 2.26 bits per heavy atom. The lowest BCUT2D eigenvalue weighted by atomic mass is 10.1. The van der Waals surface area contributed by atoms with Gasteiger partial charge in [-0.25, -0.2) is 0 Å². The monoisotopic (exact) mass is 319 g/mol. The fourth-order valence-electron chi connectivity index (χ4n) is 1.93. The summed E-state index contributed by atoms with van der Waals surface area (Å²) in [6, 6.07) is 6.87. The van der Waals surface area contributed by atoms with E-state index in [-0.39, 0.29) is 18.4 Å². The normalized spacial score (nSPS) is 11.4. The molecule has 6 heteroatoms. The van der Waals surface area contributed by atoms with Gasteiger partial charge in [0.25, 0.3) is 0 Å². The van der Waals surface area contributed by atoms with E-state index >= 15 is 0 Å². The van der Waals surface area contributed by atoms with E-state index in [0.29, 0.717) is 12.1 Å². The number of nitrogens with one attached hydrogen (secondary N) is 3. The summed E-state index contributed by atoms with van der Waals surface area (Å²) in [5.74, 6) is -0.864. The van der Waals surface area contributed by atoms with E-state index in [1.54, 1.807) is 6.92 Å². The lowest BCUT2D eigenvalue weighted by molar-refractivity contribution is -0.128. The van der Waals surface area contributed by atoms with Crippen LogP contribution < -0.4 is 16.0 Å². The number of carbonyl (C=O) groups is 3. The smallest absolute Gasteiger partial charge is 0.246 e. The molecule has 0 aromatic heterocycles. The van der Waals surface area contributed by atoms with Crippen LogP contribution in [-0.4, -0.2) is 30.3 Å². The molecule has 0 aliphatic carbocycles. The van der Waals surface area contributed by atoms with Gasteiger partial charge in [-0.2, -0.15) is 0 Å². The fourth-order valence-corrected chi connectivity index (χ4v) is 1.93. The van der Waals surface area contributed by atoms with Crippen molar-refractivity contribution in [2.24, 2.45) is 0 Å². The second-order valence-electron chi connectivity index (χ2n) is 5.36. The SMILES string of the molecule is CCCC(=O)NCC(=O)NC(C)C(=O)Nc1ccc(CC)cc1. The highest BCUT2D eigenvalue weighted by Crippen LogP contribution is 2.10. The number of hydrogen-bond acceptors (Lipinski definition) is 3. The van der Waals surface area contributed by atoms with Gasteiger partial charge in [0, 0.05) is 12.1 Å². The van der Waals surface area contributed by atoms with E-state index in [4.69, 9.17) is 0 Å². The molecule has 3 N–H and O–H groups in total. The second-order valence-corrected chi connectivity index (χ2v) is 5.36. The molecule has 0 spiro atoms. The predicted molar refractivity (Wildman–Crippen MR) is 90.0 cm³/mol. The standard InChI is InChI=1S/C17H25N3O3/c1-4-6-15(21)18-11-16(22)19-12(3)17(23)20-14-9-7-13(5-2)8-10-14/h7-10,12H,4-6,11H2,1-3H3,(H,18,21)(H,19,22)(H,20,23). The molecular formula is C17H25N3O3. The third kappa shape index (κ3) is 6.95. The van der Waals surface area contributed by atoms with E-state index in [0.717, 1.165) is 12.8 Å². The van der Waals surface area contributed by atoms with E-state index in [9.17, 15) is 14.4 Å². The number of anilines is 1. The van der Waals surface area contributed by atoms with Crippen molar-refractivity contribution >= 4 is 23.4 Å². The summed E-state index contributed by atoms with van der Waals surface area (Å²) in [4.78, 5) is 35.0. The van der Waals surface area contributed by atoms with Crippen LogP contribution in [-0.2, 0) is 20.8 Å². The maximum Gasteiger partial charge on any atom is 0.246 e. The summed E-state index contributed by atoms with van der Waals surface area (Å²) in [6.45, 7) is 5.42. The van der Waals surface area contributed by atoms with Crippen molar-refractivity contribution < 1.29 is 14.4 Å². The van der Waals surface area contributed by atoms with Gasteiger partial charge in [-0.1, -0.05) is 26.0 Å². The molecule has 0 heterocycles. The lowest BCUT2D eigenvalue weighted by Crippen LogP contribution is -2.45. The van der Waals surface area contributed by atoms with Crippen molar-refractivity contribution in [3.05, 3.63) is 29.8 Å². The third-order valence-corrected chi connectivity index (χ3v) is 3.32. The van der Waals surface area contributed by atoms with Crippen molar-refractivity contribution in [2.75, 3.05) is 11.9 Å². The van der Waals surface area contributed by atoms with Crippen LogP contribution in [0.3, 0.4) is 0 Å². The summed E-state index contributed by atoms with van der Waals surface area (Å²) in [5.41, 5.74) is 1.87.